The van der Waals surface area contributed by atoms with Crippen LogP contribution in [0.3, 0.4) is 0 Å². The first-order chi connectivity index (χ1) is 14.4. The summed E-state index contributed by atoms with van der Waals surface area (Å²) in [5.74, 6) is -0.512. The van der Waals surface area contributed by atoms with Crippen LogP contribution in [0, 0.1) is 25.5 Å². The van der Waals surface area contributed by atoms with Gasteiger partial charge in [0.05, 0.1) is 6.61 Å². The van der Waals surface area contributed by atoms with E-state index < -0.39 is 11.6 Å². The molecule has 0 aliphatic rings. The van der Waals surface area contributed by atoms with E-state index in [1.807, 2.05) is 32.1 Å². The number of aryl methyl sites for hydroxylation is 2. The summed E-state index contributed by atoms with van der Waals surface area (Å²) in [5.41, 5.74) is 5.31. The van der Waals surface area contributed by atoms with Gasteiger partial charge in [0.1, 0.15) is 23.7 Å². The van der Waals surface area contributed by atoms with E-state index in [-0.39, 0.29) is 0 Å². The monoisotopic (exact) mass is 406 g/mol. The third-order valence-electron chi connectivity index (χ3n) is 4.98. The summed E-state index contributed by atoms with van der Waals surface area (Å²) in [6.07, 6.45) is 4.03. The second-order valence-corrected chi connectivity index (χ2v) is 7.31. The van der Waals surface area contributed by atoms with Gasteiger partial charge in [0.2, 0.25) is 0 Å². The summed E-state index contributed by atoms with van der Waals surface area (Å²) in [6.45, 7) is 4.53. The first-order valence-electron chi connectivity index (χ1n) is 9.87. The van der Waals surface area contributed by atoms with Gasteiger partial charge >= 0.3 is 0 Å². The molecule has 0 bridgehead atoms. The van der Waals surface area contributed by atoms with Crippen molar-refractivity contribution in [2.75, 3.05) is 6.61 Å². The smallest absolute Gasteiger partial charge is 0.150 e. The van der Waals surface area contributed by atoms with Gasteiger partial charge in [-0.1, -0.05) is 24.3 Å². The van der Waals surface area contributed by atoms with Crippen molar-refractivity contribution in [2.45, 2.75) is 26.7 Å². The highest BCUT2D eigenvalue weighted by Crippen LogP contribution is 2.26. The van der Waals surface area contributed by atoms with E-state index in [1.54, 1.807) is 24.3 Å². The summed E-state index contributed by atoms with van der Waals surface area (Å²) in [6, 6.07) is 16.6. The lowest BCUT2D eigenvalue weighted by atomic mass is 9.97. The predicted octanol–water partition coefficient (Wildman–Crippen LogP) is 6.79. The van der Waals surface area contributed by atoms with Crippen LogP contribution < -0.4 is 4.74 Å². The molecule has 4 heteroatoms. The predicted molar refractivity (Wildman–Crippen MR) is 117 cm³/mol. The van der Waals surface area contributed by atoms with Crippen LogP contribution in [0.4, 0.5) is 8.78 Å². The van der Waals surface area contributed by atoms with Crippen LogP contribution in [0.25, 0.3) is 11.6 Å². The van der Waals surface area contributed by atoms with Crippen molar-refractivity contribution in [3.63, 3.8) is 0 Å². The number of carbonyl (C=O) groups excluding carboxylic acids is 1. The van der Waals surface area contributed by atoms with Crippen molar-refractivity contribution in [3.05, 3.63) is 100 Å². The first-order valence-corrected chi connectivity index (χ1v) is 9.87. The second-order valence-electron chi connectivity index (χ2n) is 7.31. The molecule has 0 aromatic heterocycles. The largest absolute Gasteiger partial charge is 0.494 e. The Kier molecular flexibility index (Phi) is 7.12. The molecule has 0 saturated heterocycles. The molecule has 3 rings (SSSR count). The molecule has 0 heterocycles. The second kappa shape index (κ2) is 9.97. The van der Waals surface area contributed by atoms with E-state index in [0.29, 0.717) is 36.3 Å². The molecule has 0 radical (unpaired) electrons. The fourth-order valence-electron chi connectivity index (χ4n) is 3.19. The number of aldehydes is 1. The third kappa shape index (κ3) is 5.86. The maximum absolute atomic E-state index is 13.8. The minimum atomic E-state index is -0.595. The SMILES string of the molecule is Cc1ccc(/C=C(\CCCOc2ccc(C=O)cc2)c2cc(F)cc(F)c2)cc1C. The van der Waals surface area contributed by atoms with Gasteiger partial charge in [-0.05, 0) is 90.9 Å². The normalized spacial score (nSPS) is 11.4. The van der Waals surface area contributed by atoms with E-state index in [0.717, 1.165) is 29.1 Å². The molecule has 0 aliphatic heterocycles. The molecule has 0 atom stereocenters. The molecule has 0 saturated carbocycles. The first kappa shape index (κ1) is 21.4. The summed E-state index contributed by atoms with van der Waals surface area (Å²) in [4.78, 5) is 10.7. The van der Waals surface area contributed by atoms with Crippen LogP contribution in [0.1, 0.15) is 45.5 Å². The molecule has 2 nitrogen and oxygen atoms in total. The summed E-state index contributed by atoms with van der Waals surface area (Å²) in [5, 5.41) is 0. The molecule has 0 aliphatic carbocycles. The molecule has 0 amide bonds. The number of halogens is 2. The minimum Gasteiger partial charge on any atom is -0.494 e. The lowest BCUT2D eigenvalue weighted by Crippen LogP contribution is -1.99. The van der Waals surface area contributed by atoms with Crippen molar-refractivity contribution in [1.29, 1.82) is 0 Å². The highest BCUT2D eigenvalue weighted by Gasteiger charge is 2.08. The molecular weight excluding hydrogens is 382 g/mol. The molecule has 0 unspecified atom stereocenters. The van der Waals surface area contributed by atoms with Crippen molar-refractivity contribution in [2.24, 2.45) is 0 Å². The molecule has 30 heavy (non-hydrogen) atoms. The highest BCUT2D eigenvalue weighted by atomic mass is 19.1. The fourth-order valence-corrected chi connectivity index (χ4v) is 3.19. The maximum Gasteiger partial charge on any atom is 0.150 e. The van der Waals surface area contributed by atoms with Crippen molar-refractivity contribution < 1.29 is 18.3 Å². The average Bonchev–Trinajstić information content (AvgIpc) is 2.72. The van der Waals surface area contributed by atoms with Crippen molar-refractivity contribution in [3.8, 4) is 5.75 Å². The standard InChI is InChI=1S/C26H24F2O2/c1-18-5-6-21(12-19(18)2)13-22(23-14-24(27)16-25(28)15-23)4-3-11-30-26-9-7-20(17-29)8-10-26/h5-10,12-17H,3-4,11H2,1-2H3/b22-13+. The minimum absolute atomic E-state index is 0.447. The zero-order valence-electron chi connectivity index (χ0n) is 17.1. The number of ether oxygens (including phenoxy) is 1. The van der Waals surface area contributed by atoms with Crippen LogP contribution in [-0.4, -0.2) is 12.9 Å². The lowest BCUT2D eigenvalue weighted by molar-refractivity contribution is 0.112. The quantitative estimate of drug-likeness (QED) is 0.234. The zero-order chi connectivity index (χ0) is 21.5. The number of hydrogen-bond donors (Lipinski definition) is 0. The van der Waals surface area contributed by atoms with E-state index in [9.17, 15) is 13.6 Å². The average molecular weight is 406 g/mol. The van der Waals surface area contributed by atoms with Crippen LogP contribution in [-0.2, 0) is 0 Å². The maximum atomic E-state index is 13.8. The lowest BCUT2D eigenvalue weighted by Gasteiger charge is -2.11. The Bertz CT molecular complexity index is 1030. The Balaban J connectivity index is 1.75. The van der Waals surface area contributed by atoms with Gasteiger partial charge in [-0.3, -0.25) is 4.79 Å². The number of benzene rings is 3. The van der Waals surface area contributed by atoms with Gasteiger partial charge in [-0.15, -0.1) is 0 Å². The number of allylic oxidation sites excluding steroid dienone is 1. The molecule has 154 valence electrons. The van der Waals surface area contributed by atoms with Crippen molar-refractivity contribution in [1.82, 2.24) is 0 Å². The van der Waals surface area contributed by atoms with E-state index in [2.05, 4.69) is 6.07 Å². The van der Waals surface area contributed by atoms with E-state index in [1.165, 1.54) is 17.7 Å². The Morgan fingerprint density at radius 2 is 1.53 bits per heavy atom. The van der Waals surface area contributed by atoms with Crippen molar-refractivity contribution >= 4 is 17.9 Å². The Hall–Kier alpha value is -3.27. The van der Waals surface area contributed by atoms with E-state index >= 15 is 0 Å². The molecular formula is C26H24F2O2. The summed E-state index contributed by atoms with van der Waals surface area (Å²) in [7, 11) is 0. The number of carbonyl (C=O) groups is 1. The molecule has 3 aromatic carbocycles. The van der Waals surface area contributed by atoms with Gasteiger partial charge in [-0.2, -0.15) is 0 Å². The van der Waals surface area contributed by atoms with Gasteiger partial charge in [0.15, 0.2) is 0 Å². The summed E-state index contributed by atoms with van der Waals surface area (Å²) >= 11 is 0. The van der Waals surface area contributed by atoms with Crippen LogP contribution in [0.5, 0.6) is 5.75 Å². The Labute approximate surface area is 175 Å². The highest BCUT2D eigenvalue weighted by molar-refractivity contribution is 5.81. The molecule has 0 N–H and O–H groups in total. The van der Waals surface area contributed by atoms with Gasteiger partial charge in [0.25, 0.3) is 0 Å². The topological polar surface area (TPSA) is 26.3 Å². The van der Waals surface area contributed by atoms with Crippen LogP contribution in [0.15, 0.2) is 60.7 Å². The number of rotatable bonds is 8. The Morgan fingerprint density at radius 1 is 0.867 bits per heavy atom. The van der Waals surface area contributed by atoms with Gasteiger partial charge in [-0.25, -0.2) is 8.78 Å². The zero-order valence-corrected chi connectivity index (χ0v) is 17.1. The Morgan fingerprint density at radius 3 is 2.17 bits per heavy atom. The fraction of sp³-hybridized carbons (Fsp3) is 0.192. The molecule has 3 aromatic rings. The van der Waals surface area contributed by atoms with Crippen LogP contribution >= 0.6 is 0 Å². The summed E-state index contributed by atoms with van der Waals surface area (Å²) < 4.78 is 33.3. The molecule has 0 spiro atoms. The van der Waals surface area contributed by atoms with Gasteiger partial charge in [0, 0.05) is 11.6 Å². The molecule has 0 fully saturated rings. The third-order valence-corrected chi connectivity index (χ3v) is 4.98. The van der Waals surface area contributed by atoms with Gasteiger partial charge < -0.3 is 4.74 Å². The van der Waals surface area contributed by atoms with Crippen LogP contribution in [0.2, 0.25) is 0 Å². The number of hydrogen-bond acceptors (Lipinski definition) is 2. The van der Waals surface area contributed by atoms with E-state index in [4.69, 9.17) is 4.74 Å².